The first-order valence-electron chi connectivity index (χ1n) is 20.8. The zero-order valence-corrected chi connectivity index (χ0v) is 35.5. The van der Waals surface area contributed by atoms with Crippen LogP contribution in [0, 0.1) is 41.5 Å². The van der Waals surface area contributed by atoms with Crippen LogP contribution in [0.15, 0.2) is 182 Å². The Labute approximate surface area is 357 Å². The lowest BCUT2D eigenvalue weighted by atomic mass is 10.00. The van der Waals surface area contributed by atoms with E-state index in [9.17, 15) is 0 Å². The molecule has 2 heteroatoms. The molecule has 0 atom stereocenters. The summed E-state index contributed by atoms with van der Waals surface area (Å²) in [6, 6.07) is 65.8. The quantitative estimate of drug-likeness (QED) is 0.121. The van der Waals surface area contributed by atoms with E-state index in [4.69, 9.17) is 0 Å². The predicted molar refractivity (Wildman–Crippen MR) is 260 cm³/mol. The van der Waals surface area contributed by atoms with Gasteiger partial charge in [0.15, 0.2) is 0 Å². The molecule has 294 valence electrons. The van der Waals surface area contributed by atoms with Gasteiger partial charge in [-0.1, -0.05) is 169 Å². The molecule has 8 rings (SSSR count). The summed E-state index contributed by atoms with van der Waals surface area (Å²) in [5, 5.41) is 0. The van der Waals surface area contributed by atoms with Gasteiger partial charge >= 0.3 is 0 Å². The van der Waals surface area contributed by atoms with Crippen molar-refractivity contribution in [3.05, 3.63) is 238 Å². The zero-order valence-electron chi connectivity index (χ0n) is 35.5. The van der Waals surface area contributed by atoms with E-state index < -0.39 is 0 Å². The summed E-state index contributed by atoms with van der Waals surface area (Å²) in [6.07, 6.45) is 8.68. The number of benzene rings is 8. The van der Waals surface area contributed by atoms with Crippen LogP contribution in [0.3, 0.4) is 0 Å². The van der Waals surface area contributed by atoms with Crippen LogP contribution in [-0.2, 0) is 0 Å². The van der Waals surface area contributed by atoms with Gasteiger partial charge in [-0.25, -0.2) is 0 Å². The van der Waals surface area contributed by atoms with Crippen LogP contribution in [0.5, 0.6) is 0 Å². The molecule has 0 spiro atoms. The van der Waals surface area contributed by atoms with Crippen LogP contribution in [-0.4, -0.2) is 0 Å². The summed E-state index contributed by atoms with van der Waals surface area (Å²) in [5.41, 5.74) is 21.5. The highest BCUT2D eigenvalue weighted by molar-refractivity contribution is 5.85. The Hall–Kier alpha value is -7.16. The molecule has 0 aromatic heterocycles. The van der Waals surface area contributed by atoms with E-state index in [1.807, 2.05) is 12.1 Å². The van der Waals surface area contributed by atoms with Crippen LogP contribution < -0.4 is 9.80 Å². The molecule has 0 aliphatic rings. The maximum atomic E-state index is 2.40. The molecule has 0 saturated carbocycles. The van der Waals surface area contributed by atoms with Crippen molar-refractivity contribution in [2.75, 3.05) is 9.80 Å². The smallest absolute Gasteiger partial charge is 0.0520 e. The second-order valence-electron chi connectivity index (χ2n) is 15.9. The van der Waals surface area contributed by atoms with Gasteiger partial charge in [-0.05, 0) is 146 Å². The predicted octanol–water partition coefficient (Wildman–Crippen LogP) is 16.5. The van der Waals surface area contributed by atoms with Crippen molar-refractivity contribution >= 4 is 58.4 Å². The lowest BCUT2D eigenvalue weighted by Gasteiger charge is -2.29. The molecule has 0 aliphatic carbocycles. The third-order valence-electron chi connectivity index (χ3n) is 11.1. The van der Waals surface area contributed by atoms with E-state index in [1.54, 1.807) is 0 Å². The molecule has 2 nitrogen and oxygen atoms in total. The number of nitrogens with zero attached hydrogens (tertiary/aromatic N) is 2. The molecule has 0 aliphatic heterocycles. The summed E-state index contributed by atoms with van der Waals surface area (Å²) < 4.78 is 0. The number of aryl methyl sites for hydroxylation is 6. The largest absolute Gasteiger partial charge is 0.310 e. The normalized spacial score (nSPS) is 11.4. The highest BCUT2D eigenvalue weighted by atomic mass is 15.2. The third-order valence-corrected chi connectivity index (χ3v) is 11.1. The van der Waals surface area contributed by atoms with Gasteiger partial charge in [0.2, 0.25) is 0 Å². The molecule has 60 heavy (non-hydrogen) atoms. The highest BCUT2D eigenvalue weighted by Crippen LogP contribution is 2.42. The summed E-state index contributed by atoms with van der Waals surface area (Å²) in [4.78, 5) is 4.79. The monoisotopic (exact) mass is 776 g/mol. The molecule has 8 aromatic rings. The van der Waals surface area contributed by atoms with Gasteiger partial charge in [0, 0.05) is 22.7 Å². The zero-order chi connectivity index (χ0) is 41.6. The van der Waals surface area contributed by atoms with Crippen molar-refractivity contribution in [2.24, 2.45) is 0 Å². The fraction of sp³-hybridized carbons (Fsp3) is 0.103. The van der Waals surface area contributed by atoms with Crippen LogP contribution in [0.25, 0.3) is 35.4 Å². The molecule has 0 bridgehead atoms. The third kappa shape index (κ3) is 8.94. The molecule has 0 unspecified atom stereocenters. The minimum Gasteiger partial charge on any atom is -0.310 e. The van der Waals surface area contributed by atoms with Gasteiger partial charge in [0.1, 0.15) is 0 Å². The summed E-state index contributed by atoms with van der Waals surface area (Å²) in [7, 11) is 0. The first kappa shape index (κ1) is 39.7. The van der Waals surface area contributed by atoms with Gasteiger partial charge in [-0.15, -0.1) is 0 Å². The fourth-order valence-corrected chi connectivity index (χ4v) is 8.45. The Bertz CT molecular complexity index is 2520. The van der Waals surface area contributed by atoms with Crippen LogP contribution in [0.1, 0.15) is 55.6 Å². The molecule has 0 N–H and O–H groups in total. The SMILES string of the molecule is Cc1cc(C)c(N(c2ccc(/C=C/c3ccccc3)cc2)c2ccc(-c3ccc(N(c4ccc(/C=C/c5ccccc5)cc4)c4c(C)cc(C)cc4C)cc3)cc2)c(C)c1. The molecular weight excluding hydrogens is 725 g/mol. The number of hydrogen-bond donors (Lipinski definition) is 0. The topological polar surface area (TPSA) is 6.48 Å². The van der Waals surface area contributed by atoms with Crippen molar-refractivity contribution in [1.82, 2.24) is 0 Å². The second kappa shape index (κ2) is 17.8. The number of rotatable bonds is 11. The standard InChI is InChI=1S/C58H52N2/c1-41-37-43(3)57(44(4)38-41)59(53-29-21-49(22-30-53)19-17-47-13-9-7-10-14-47)55-33-25-51(26-34-55)52-27-35-56(36-28-52)60(58-45(5)39-42(2)40-46(58)6)54-31-23-50(24-32-54)20-18-48-15-11-8-12-16-48/h7-40H,1-6H3/b19-17+,20-18+. The van der Waals surface area contributed by atoms with E-state index in [1.165, 1.54) is 67.0 Å². The molecule has 0 radical (unpaired) electrons. The van der Waals surface area contributed by atoms with Gasteiger partial charge in [-0.2, -0.15) is 0 Å². The number of hydrogen-bond acceptors (Lipinski definition) is 2. The first-order valence-corrected chi connectivity index (χ1v) is 20.8. The van der Waals surface area contributed by atoms with Crippen molar-refractivity contribution in [1.29, 1.82) is 0 Å². The molecule has 0 saturated heterocycles. The van der Waals surface area contributed by atoms with Crippen LogP contribution >= 0.6 is 0 Å². The van der Waals surface area contributed by atoms with Crippen LogP contribution in [0.4, 0.5) is 34.1 Å². The molecule has 0 fully saturated rings. The lowest BCUT2D eigenvalue weighted by molar-refractivity contribution is 1.20. The van der Waals surface area contributed by atoms with Gasteiger partial charge in [0.05, 0.1) is 11.4 Å². The number of anilines is 6. The van der Waals surface area contributed by atoms with Gasteiger partial charge in [0.25, 0.3) is 0 Å². The first-order chi connectivity index (χ1) is 29.2. The van der Waals surface area contributed by atoms with E-state index in [-0.39, 0.29) is 0 Å². The van der Waals surface area contributed by atoms with E-state index in [2.05, 4.69) is 246 Å². The van der Waals surface area contributed by atoms with Crippen molar-refractivity contribution < 1.29 is 0 Å². The Kier molecular flexibility index (Phi) is 11.7. The summed E-state index contributed by atoms with van der Waals surface area (Å²) in [5.74, 6) is 0. The minimum atomic E-state index is 1.12. The Morgan fingerprint density at radius 3 is 0.817 bits per heavy atom. The summed E-state index contributed by atoms with van der Waals surface area (Å²) >= 11 is 0. The van der Waals surface area contributed by atoms with E-state index >= 15 is 0 Å². The van der Waals surface area contributed by atoms with Crippen molar-refractivity contribution in [3.63, 3.8) is 0 Å². The minimum absolute atomic E-state index is 1.12. The molecule has 0 amide bonds. The van der Waals surface area contributed by atoms with E-state index in [0.717, 1.165) is 33.9 Å². The van der Waals surface area contributed by atoms with E-state index in [0.29, 0.717) is 0 Å². The average Bonchev–Trinajstić information content (AvgIpc) is 3.26. The molecule has 0 heterocycles. The van der Waals surface area contributed by atoms with Crippen LogP contribution in [0.2, 0.25) is 0 Å². The average molecular weight is 777 g/mol. The van der Waals surface area contributed by atoms with Crippen molar-refractivity contribution in [2.45, 2.75) is 41.5 Å². The van der Waals surface area contributed by atoms with Crippen molar-refractivity contribution in [3.8, 4) is 11.1 Å². The second-order valence-corrected chi connectivity index (χ2v) is 15.9. The lowest BCUT2D eigenvalue weighted by Crippen LogP contribution is -2.13. The maximum Gasteiger partial charge on any atom is 0.0520 e. The molecule has 8 aromatic carbocycles. The summed E-state index contributed by atoms with van der Waals surface area (Å²) in [6.45, 7) is 13.2. The Morgan fingerprint density at radius 2 is 0.533 bits per heavy atom. The van der Waals surface area contributed by atoms with Gasteiger partial charge in [-0.3, -0.25) is 0 Å². The Balaban J connectivity index is 1.10. The van der Waals surface area contributed by atoms with Gasteiger partial charge < -0.3 is 9.80 Å². The fourth-order valence-electron chi connectivity index (χ4n) is 8.45. The maximum absolute atomic E-state index is 2.40. The highest BCUT2D eigenvalue weighted by Gasteiger charge is 2.19. The Morgan fingerprint density at radius 1 is 0.283 bits per heavy atom. The molecular formula is C58H52N2.